The highest BCUT2D eigenvalue weighted by atomic mass is 16.5. The van der Waals surface area contributed by atoms with Gasteiger partial charge in [0.25, 0.3) is 0 Å². The first-order valence-electron chi connectivity index (χ1n) is 6.02. The Bertz CT molecular complexity index is 488. The molecule has 2 nitrogen and oxygen atoms in total. The third-order valence-corrected chi connectivity index (χ3v) is 2.88. The van der Waals surface area contributed by atoms with Crippen LogP contribution < -0.4 is 4.74 Å². The summed E-state index contributed by atoms with van der Waals surface area (Å²) < 4.78 is 5.71. The lowest BCUT2D eigenvalue weighted by molar-refractivity contribution is 0.112. The molecule has 0 aliphatic rings. The maximum absolute atomic E-state index is 10.5. The molecule has 2 rings (SSSR count). The van der Waals surface area contributed by atoms with E-state index in [4.69, 9.17) is 4.74 Å². The maximum Gasteiger partial charge on any atom is 0.150 e. The molecule has 0 aliphatic heterocycles. The summed E-state index contributed by atoms with van der Waals surface area (Å²) >= 11 is 0. The van der Waals surface area contributed by atoms with Crippen LogP contribution >= 0.6 is 0 Å². The highest BCUT2D eigenvalue weighted by Gasteiger charge is 2.05. The normalized spacial score (nSPS) is 11.8. The molecular formula is C16H16O2. The molecule has 0 saturated carbocycles. The highest BCUT2D eigenvalue weighted by molar-refractivity contribution is 5.74. The van der Waals surface area contributed by atoms with Crippen molar-refractivity contribution >= 4 is 6.29 Å². The van der Waals surface area contributed by atoms with Gasteiger partial charge in [0.15, 0.2) is 0 Å². The first-order chi connectivity index (χ1) is 8.79. The molecule has 0 spiro atoms. The topological polar surface area (TPSA) is 26.3 Å². The van der Waals surface area contributed by atoms with Crippen molar-refractivity contribution in [2.45, 2.75) is 12.8 Å². The van der Waals surface area contributed by atoms with Crippen molar-refractivity contribution in [3.63, 3.8) is 0 Å². The molecule has 0 bridgehead atoms. The monoisotopic (exact) mass is 240 g/mol. The second-order valence-corrected chi connectivity index (χ2v) is 4.31. The number of rotatable bonds is 5. The predicted octanol–water partition coefficient (Wildman–Crippen LogP) is 3.68. The number of hydrogen-bond acceptors (Lipinski definition) is 2. The van der Waals surface area contributed by atoms with Crippen molar-refractivity contribution in [1.82, 2.24) is 0 Å². The minimum Gasteiger partial charge on any atom is -0.493 e. The quantitative estimate of drug-likeness (QED) is 0.745. The van der Waals surface area contributed by atoms with E-state index in [1.54, 1.807) is 12.1 Å². The highest BCUT2D eigenvalue weighted by Crippen LogP contribution is 2.17. The lowest BCUT2D eigenvalue weighted by Crippen LogP contribution is -2.06. The zero-order valence-corrected chi connectivity index (χ0v) is 10.4. The van der Waals surface area contributed by atoms with Gasteiger partial charge in [-0.2, -0.15) is 0 Å². The Hall–Kier alpha value is -2.09. The average Bonchev–Trinajstić information content (AvgIpc) is 2.46. The first-order valence-corrected chi connectivity index (χ1v) is 6.02. The Labute approximate surface area is 107 Å². The fourth-order valence-corrected chi connectivity index (χ4v) is 1.74. The van der Waals surface area contributed by atoms with Crippen LogP contribution in [0.25, 0.3) is 0 Å². The minimum atomic E-state index is 0.344. The molecule has 2 aromatic rings. The Kier molecular flexibility index (Phi) is 4.13. The van der Waals surface area contributed by atoms with Gasteiger partial charge in [0, 0.05) is 11.5 Å². The summed E-state index contributed by atoms with van der Waals surface area (Å²) in [6.45, 7) is 2.76. The molecule has 0 saturated heterocycles. The van der Waals surface area contributed by atoms with Crippen molar-refractivity contribution in [3.8, 4) is 5.75 Å². The van der Waals surface area contributed by atoms with Crippen molar-refractivity contribution in [3.05, 3.63) is 65.7 Å². The van der Waals surface area contributed by atoms with Crippen molar-refractivity contribution in [1.29, 1.82) is 0 Å². The van der Waals surface area contributed by atoms with Crippen LogP contribution in [-0.2, 0) is 0 Å². The van der Waals surface area contributed by atoms with Gasteiger partial charge >= 0.3 is 0 Å². The van der Waals surface area contributed by atoms with E-state index in [9.17, 15) is 4.79 Å². The number of hydrogen-bond donors (Lipinski definition) is 0. The Morgan fingerprint density at radius 1 is 1.06 bits per heavy atom. The van der Waals surface area contributed by atoms with Crippen LogP contribution in [0.1, 0.15) is 28.8 Å². The van der Waals surface area contributed by atoms with Gasteiger partial charge in [-0.1, -0.05) is 37.3 Å². The third kappa shape index (κ3) is 3.20. The molecular weight excluding hydrogens is 224 g/mol. The Morgan fingerprint density at radius 3 is 2.33 bits per heavy atom. The molecule has 0 aliphatic carbocycles. The molecule has 1 unspecified atom stereocenters. The average molecular weight is 240 g/mol. The van der Waals surface area contributed by atoms with E-state index in [1.165, 1.54) is 5.56 Å². The summed E-state index contributed by atoms with van der Waals surface area (Å²) in [6.07, 6.45) is 0.830. The van der Waals surface area contributed by atoms with Crippen molar-refractivity contribution in [2.75, 3.05) is 6.61 Å². The van der Waals surface area contributed by atoms with Crippen molar-refractivity contribution < 1.29 is 9.53 Å². The van der Waals surface area contributed by atoms with E-state index in [1.807, 2.05) is 30.3 Å². The zero-order valence-electron chi connectivity index (χ0n) is 10.4. The second kappa shape index (κ2) is 6.01. The number of benzene rings is 2. The summed E-state index contributed by atoms with van der Waals surface area (Å²) in [4.78, 5) is 10.5. The molecule has 18 heavy (non-hydrogen) atoms. The number of carbonyl (C=O) groups is 1. The summed E-state index contributed by atoms with van der Waals surface area (Å²) in [7, 11) is 0. The van der Waals surface area contributed by atoms with E-state index in [0.717, 1.165) is 12.0 Å². The van der Waals surface area contributed by atoms with Gasteiger partial charge in [-0.25, -0.2) is 0 Å². The first kappa shape index (κ1) is 12.4. The molecule has 0 amide bonds. The molecule has 0 aromatic heterocycles. The van der Waals surface area contributed by atoms with Gasteiger partial charge in [0.05, 0.1) is 6.61 Å². The van der Waals surface area contributed by atoms with Gasteiger partial charge < -0.3 is 4.74 Å². The van der Waals surface area contributed by atoms with Crippen LogP contribution in [0.4, 0.5) is 0 Å². The summed E-state index contributed by atoms with van der Waals surface area (Å²) in [5.74, 6) is 1.14. The molecule has 0 N–H and O–H groups in total. The van der Waals surface area contributed by atoms with Crippen LogP contribution in [0.3, 0.4) is 0 Å². The summed E-state index contributed by atoms with van der Waals surface area (Å²) in [5, 5.41) is 0. The molecule has 0 heterocycles. The van der Waals surface area contributed by atoms with E-state index in [2.05, 4.69) is 19.1 Å². The van der Waals surface area contributed by atoms with Crippen LogP contribution in [0.2, 0.25) is 0 Å². The van der Waals surface area contributed by atoms with Crippen LogP contribution in [-0.4, -0.2) is 12.9 Å². The number of ether oxygens (including phenoxy) is 1. The lowest BCUT2D eigenvalue weighted by Gasteiger charge is -2.13. The smallest absolute Gasteiger partial charge is 0.150 e. The van der Waals surface area contributed by atoms with Gasteiger partial charge in [0.1, 0.15) is 12.0 Å². The SMILES string of the molecule is CC(COc1ccc(C=O)cc1)c1ccccc1. The fourth-order valence-electron chi connectivity index (χ4n) is 1.74. The molecule has 1 atom stereocenters. The third-order valence-electron chi connectivity index (χ3n) is 2.88. The van der Waals surface area contributed by atoms with Gasteiger partial charge in [-0.15, -0.1) is 0 Å². The zero-order chi connectivity index (χ0) is 12.8. The second-order valence-electron chi connectivity index (χ2n) is 4.31. The van der Waals surface area contributed by atoms with Crippen LogP contribution in [0.5, 0.6) is 5.75 Å². The molecule has 0 fully saturated rings. The van der Waals surface area contributed by atoms with E-state index in [-0.39, 0.29) is 0 Å². The van der Waals surface area contributed by atoms with E-state index >= 15 is 0 Å². The number of carbonyl (C=O) groups excluding carboxylic acids is 1. The van der Waals surface area contributed by atoms with E-state index in [0.29, 0.717) is 18.1 Å². The molecule has 92 valence electrons. The Morgan fingerprint density at radius 2 is 1.72 bits per heavy atom. The molecule has 2 heteroatoms. The fraction of sp³-hybridized carbons (Fsp3) is 0.188. The standard InChI is InChI=1S/C16H16O2/c1-13(15-5-3-2-4-6-15)12-18-16-9-7-14(11-17)8-10-16/h2-11,13H,12H2,1H3. The molecule has 2 aromatic carbocycles. The number of aldehydes is 1. The summed E-state index contributed by atoms with van der Waals surface area (Å²) in [6, 6.07) is 17.4. The van der Waals surface area contributed by atoms with Crippen LogP contribution in [0.15, 0.2) is 54.6 Å². The predicted molar refractivity (Wildman–Crippen MR) is 72.2 cm³/mol. The largest absolute Gasteiger partial charge is 0.493 e. The lowest BCUT2D eigenvalue weighted by atomic mass is 10.0. The summed E-state index contributed by atoms with van der Waals surface area (Å²) in [5.41, 5.74) is 1.93. The minimum absolute atomic E-state index is 0.344. The van der Waals surface area contributed by atoms with Gasteiger partial charge in [0.2, 0.25) is 0 Å². The van der Waals surface area contributed by atoms with Crippen molar-refractivity contribution in [2.24, 2.45) is 0 Å². The van der Waals surface area contributed by atoms with Crippen LogP contribution in [0, 0.1) is 0 Å². The Balaban J connectivity index is 1.93. The maximum atomic E-state index is 10.5. The van der Waals surface area contributed by atoms with E-state index < -0.39 is 0 Å². The molecule has 0 radical (unpaired) electrons. The van der Waals surface area contributed by atoms with Gasteiger partial charge in [-0.3, -0.25) is 4.79 Å². The van der Waals surface area contributed by atoms with Gasteiger partial charge in [-0.05, 0) is 29.8 Å².